The zero-order chi connectivity index (χ0) is 27.2. The number of carbonyl (C=O) groups excluding carboxylic acids is 1. The number of rotatable bonds is 7. The third-order valence-electron chi connectivity index (χ3n) is 6.36. The van der Waals surface area contributed by atoms with Crippen molar-refractivity contribution in [1.29, 1.82) is 10.5 Å². The summed E-state index contributed by atoms with van der Waals surface area (Å²) in [4.78, 5) is 21.1. The summed E-state index contributed by atoms with van der Waals surface area (Å²) in [5.74, 6) is 1.03. The van der Waals surface area contributed by atoms with E-state index >= 15 is 0 Å². The summed E-state index contributed by atoms with van der Waals surface area (Å²) in [6.45, 7) is 2.77. The van der Waals surface area contributed by atoms with Crippen molar-refractivity contribution in [3.63, 3.8) is 0 Å². The number of fused-ring (bicyclic) bond motifs is 1. The number of amides is 2. The Morgan fingerprint density at radius 2 is 1.87 bits per heavy atom. The van der Waals surface area contributed by atoms with Crippen LogP contribution in [0.15, 0.2) is 48.9 Å². The van der Waals surface area contributed by atoms with Crippen molar-refractivity contribution in [2.75, 3.05) is 50.1 Å². The van der Waals surface area contributed by atoms with Gasteiger partial charge in [0.05, 0.1) is 42.1 Å². The van der Waals surface area contributed by atoms with Gasteiger partial charge in [0.1, 0.15) is 19.0 Å². The Bertz CT molecular complexity index is 1550. The van der Waals surface area contributed by atoms with Crippen molar-refractivity contribution in [1.82, 2.24) is 30.1 Å². The molecule has 3 heterocycles. The Hall–Kier alpha value is -5.43. The lowest BCUT2D eigenvalue weighted by Crippen LogP contribution is -2.50. The number of anilines is 2. The van der Waals surface area contributed by atoms with Gasteiger partial charge in [-0.1, -0.05) is 0 Å². The minimum atomic E-state index is -0.218. The molecule has 2 aromatic heterocycles. The van der Waals surface area contributed by atoms with E-state index in [2.05, 4.69) is 42.9 Å². The number of aromatic nitrogens is 5. The van der Waals surface area contributed by atoms with E-state index in [1.54, 1.807) is 53.2 Å². The molecule has 1 N–H and O–H groups in total. The number of nitrogens with one attached hydrogen (secondary N) is 1. The summed E-state index contributed by atoms with van der Waals surface area (Å²) in [7, 11) is 1.56. The average Bonchev–Trinajstić information content (AvgIpc) is 3.50. The van der Waals surface area contributed by atoms with Gasteiger partial charge in [0.2, 0.25) is 0 Å². The van der Waals surface area contributed by atoms with Crippen molar-refractivity contribution in [2.45, 2.75) is 6.54 Å². The number of tetrazole rings is 1. The number of ether oxygens (including phenoxy) is 2. The predicted octanol–water partition coefficient (Wildman–Crippen LogP) is 2.41. The van der Waals surface area contributed by atoms with Crippen LogP contribution in [-0.2, 0) is 6.54 Å². The standard InChI is InChI=1S/C26H24N10O3/c1-38-23-12-21-22(13-24(23)39-11-10-36-17-30-32-33-36)29-16-19(15-28)25(21)34-6-8-35(9-7-34)26(37)31-20-4-2-18(14-27)3-5-20/h2-5,12-13,16-17H,6-11H2,1H3,(H,31,37). The number of nitrogens with zero attached hydrogens (tertiary/aromatic N) is 9. The molecule has 5 rings (SSSR count). The van der Waals surface area contributed by atoms with Crippen LogP contribution in [0, 0.1) is 22.7 Å². The molecule has 2 aromatic carbocycles. The van der Waals surface area contributed by atoms with E-state index in [9.17, 15) is 10.1 Å². The second-order valence-corrected chi connectivity index (χ2v) is 8.67. The molecule has 0 aliphatic carbocycles. The number of hydrogen-bond donors (Lipinski definition) is 1. The smallest absolute Gasteiger partial charge is 0.321 e. The van der Waals surface area contributed by atoms with Crippen molar-refractivity contribution in [3.05, 3.63) is 60.0 Å². The number of benzene rings is 2. The van der Waals surface area contributed by atoms with Gasteiger partial charge in [0.15, 0.2) is 11.5 Å². The lowest BCUT2D eigenvalue weighted by molar-refractivity contribution is 0.208. The molecule has 0 radical (unpaired) electrons. The maximum atomic E-state index is 12.8. The first-order chi connectivity index (χ1) is 19.1. The normalized spacial score (nSPS) is 13.0. The Balaban J connectivity index is 1.32. The first-order valence-electron chi connectivity index (χ1n) is 12.1. The minimum Gasteiger partial charge on any atom is -0.493 e. The zero-order valence-electron chi connectivity index (χ0n) is 21.1. The largest absolute Gasteiger partial charge is 0.493 e. The number of piperazine rings is 1. The van der Waals surface area contributed by atoms with Gasteiger partial charge in [-0.05, 0) is 40.8 Å². The van der Waals surface area contributed by atoms with Gasteiger partial charge >= 0.3 is 6.03 Å². The first kappa shape index (κ1) is 25.2. The van der Waals surface area contributed by atoms with Crippen molar-refractivity contribution >= 4 is 28.3 Å². The number of methoxy groups -OCH3 is 1. The Labute approximate surface area is 223 Å². The summed E-state index contributed by atoms with van der Waals surface area (Å²) >= 11 is 0. The Kier molecular flexibility index (Phi) is 7.32. The van der Waals surface area contributed by atoms with Gasteiger partial charge in [0, 0.05) is 49.5 Å². The molecule has 4 aromatic rings. The fraction of sp³-hybridized carbons (Fsp3) is 0.269. The average molecular weight is 525 g/mol. The fourth-order valence-corrected chi connectivity index (χ4v) is 4.38. The van der Waals surface area contributed by atoms with Crippen LogP contribution < -0.4 is 19.7 Å². The lowest BCUT2D eigenvalue weighted by atomic mass is 10.1. The van der Waals surface area contributed by atoms with Crippen LogP contribution in [-0.4, -0.2) is 76.0 Å². The van der Waals surface area contributed by atoms with Gasteiger partial charge in [-0.2, -0.15) is 10.5 Å². The van der Waals surface area contributed by atoms with Crippen LogP contribution in [0.4, 0.5) is 16.2 Å². The molecule has 0 spiro atoms. The second-order valence-electron chi connectivity index (χ2n) is 8.67. The highest BCUT2D eigenvalue weighted by atomic mass is 16.5. The molecule has 2 amide bonds. The predicted molar refractivity (Wildman–Crippen MR) is 140 cm³/mol. The van der Waals surface area contributed by atoms with Crippen LogP contribution in [0.2, 0.25) is 0 Å². The molecule has 0 atom stereocenters. The number of urea groups is 1. The quantitative estimate of drug-likeness (QED) is 0.380. The molecule has 1 saturated heterocycles. The van der Waals surface area contributed by atoms with Gasteiger partial charge in [-0.15, -0.1) is 5.10 Å². The van der Waals surface area contributed by atoms with Crippen LogP contribution in [0.1, 0.15) is 11.1 Å². The van der Waals surface area contributed by atoms with Gasteiger partial charge < -0.3 is 24.6 Å². The van der Waals surface area contributed by atoms with Gasteiger partial charge in [-0.25, -0.2) is 9.48 Å². The molecular formula is C26H24N10O3. The van der Waals surface area contributed by atoms with Crippen molar-refractivity contribution < 1.29 is 14.3 Å². The highest BCUT2D eigenvalue weighted by molar-refractivity contribution is 5.97. The monoisotopic (exact) mass is 524 g/mol. The molecule has 0 saturated carbocycles. The van der Waals surface area contributed by atoms with E-state index < -0.39 is 0 Å². The van der Waals surface area contributed by atoms with E-state index in [0.29, 0.717) is 73.2 Å². The number of pyridine rings is 1. The zero-order valence-corrected chi connectivity index (χ0v) is 21.1. The summed E-state index contributed by atoms with van der Waals surface area (Å²) in [5.41, 5.74) is 2.99. The molecule has 39 heavy (non-hydrogen) atoms. The number of carbonyl (C=O) groups is 1. The SMILES string of the molecule is COc1cc2c(N3CCN(C(=O)Nc4ccc(C#N)cc4)CC3)c(C#N)cnc2cc1OCCn1cnnn1. The Morgan fingerprint density at radius 3 is 2.54 bits per heavy atom. The highest BCUT2D eigenvalue weighted by Crippen LogP contribution is 2.38. The third-order valence-corrected chi connectivity index (χ3v) is 6.36. The van der Waals surface area contributed by atoms with Gasteiger partial charge in [0.25, 0.3) is 0 Å². The van der Waals surface area contributed by atoms with Crippen molar-refractivity contribution in [2.24, 2.45) is 0 Å². The van der Waals surface area contributed by atoms with Crippen LogP contribution in [0.3, 0.4) is 0 Å². The molecule has 0 unspecified atom stereocenters. The maximum absolute atomic E-state index is 12.8. The van der Waals surface area contributed by atoms with E-state index in [1.807, 2.05) is 6.07 Å². The summed E-state index contributed by atoms with van der Waals surface area (Å²) in [5, 5.41) is 33.5. The Morgan fingerprint density at radius 1 is 1.08 bits per heavy atom. The number of nitriles is 2. The maximum Gasteiger partial charge on any atom is 0.321 e. The molecular weight excluding hydrogens is 500 g/mol. The summed E-state index contributed by atoms with van der Waals surface area (Å²) in [6, 6.07) is 14.4. The van der Waals surface area contributed by atoms with E-state index in [0.717, 1.165) is 11.1 Å². The molecule has 1 fully saturated rings. The lowest BCUT2D eigenvalue weighted by Gasteiger charge is -2.36. The second kappa shape index (κ2) is 11.3. The molecule has 0 bridgehead atoms. The van der Waals surface area contributed by atoms with E-state index in [1.165, 1.54) is 6.33 Å². The van der Waals surface area contributed by atoms with Crippen LogP contribution in [0.5, 0.6) is 11.5 Å². The molecule has 196 valence electrons. The van der Waals surface area contributed by atoms with E-state index in [-0.39, 0.29) is 6.03 Å². The summed E-state index contributed by atoms with van der Waals surface area (Å²) < 4.78 is 13.1. The summed E-state index contributed by atoms with van der Waals surface area (Å²) in [6.07, 6.45) is 3.06. The molecule has 13 nitrogen and oxygen atoms in total. The third kappa shape index (κ3) is 5.47. The topological polar surface area (TPSA) is 158 Å². The molecule has 1 aliphatic heterocycles. The van der Waals surface area contributed by atoms with Crippen LogP contribution in [0.25, 0.3) is 10.9 Å². The minimum absolute atomic E-state index is 0.218. The fourth-order valence-electron chi connectivity index (χ4n) is 4.38. The molecule has 13 heteroatoms. The molecule has 1 aliphatic rings. The van der Waals surface area contributed by atoms with Gasteiger partial charge in [-0.3, -0.25) is 4.98 Å². The number of hydrogen-bond acceptors (Lipinski definition) is 10. The van der Waals surface area contributed by atoms with Crippen LogP contribution >= 0.6 is 0 Å². The highest BCUT2D eigenvalue weighted by Gasteiger charge is 2.25. The van der Waals surface area contributed by atoms with E-state index in [4.69, 9.17) is 14.7 Å². The first-order valence-corrected chi connectivity index (χ1v) is 12.1. The van der Waals surface area contributed by atoms with Crippen molar-refractivity contribution in [3.8, 4) is 23.6 Å².